The highest BCUT2D eigenvalue weighted by Crippen LogP contribution is 2.06. The van der Waals surface area contributed by atoms with Crippen molar-refractivity contribution >= 4 is 17.5 Å². The lowest BCUT2D eigenvalue weighted by Gasteiger charge is -2.05. The second kappa shape index (κ2) is 5.90. The van der Waals surface area contributed by atoms with Crippen LogP contribution in [-0.2, 0) is 0 Å². The average molecular weight is 257 g/mol. The van der Waals surface area contributed by atoms with Crippen LogP contribution in [0.3, 0.4) is 0 Å². The van der Waals surface area contributed by atoms with Crippen LogP contribution in [0.1, 0.15) is 23.0 Å². The Kier molecular flexibility index (Phi) is 4.02. The molecular formula is C13H15N5O. The summed E-state index contributed by atoms with van der Waals surface area (Å²) in [5.74, 6) is 0.813. The molecule has 2 heterocycles. The zero-order valence-electron chi connectivity index (χ0n) is 10.8. The molecule has 0 aromatic carbocycles. The number of rotatable bonds is 4. The second-order valence-electron chi connectivity index (χ2n) is 3.99. The number of anilines is 2. The van der Waals surface area contributed by atoms with Crippen molar-refractivity contribution in [3.63, 3.8) is 0 Å². The van der Waals surface area contributed by atoms with Crippen LogP contribution in [0, 0.1) is 6.92 Å². The summed E-state index contributed by atoms with van der Waals surface area (Å²) in [5.41, 5.74) is 1.29. The van der Waals surface area contributed by atoms with E-state index in [2.05, 4.69) is 25.6 Å². The normalized spacial score (nSPS) is 10.0. The molecule has 0 aliphatic heterocycles. The van der Waals surface area contributed by atoms with Crippen LogP contribution in [0.4, 0.5) is 11.6 Å². The van der Waals surface area contributed by atoms with Gasteiger partial charge < -0.3 is 10.6 Å². The molecule has 0 atom stereocenters. The summed E-state index contributed by atoms with van der Waals surface area (Å²) < 4.78 is 0. The molecule has 2 N–H and O–H groups in total. The molecule has 0 aliphatic rings. The number of amides is 1. The molecule has 2 aromatic heterocycles. The molecule has 2 rings (SSSR count). The van der Waals surface area contributed by atoms with E-state index in [9.17, 15) is 4.79 Å². The van der Waals surface area contributed by atoms with E-state index in [1.54, 1.807) is 12.3 Å². The molecule has 0 unspecified atom stereocenters. The van der Waals surface area contributed by atoms with Gasteiger partial charge in [-0.15, -0.1) is 0 Å². The van der Waals surface area contributed by atoms with E-state index in [1.807, 2.05) is 19.9 Å². The number of aromatic nitrogens is 3. The largest absolute Gasteiger partial charge is 0.369 e. The van der Waals surface area contributed by atoms with Gasteiger partial charge in [0.05, 0.1) is 12.4 Å². The van der Waals surface area contributed by atoms with Crippen LogP contribution in [0.2, 0.25) is 0 Å². The predicted molar refractivity (Wildman–Crippen MR) is 73.1 cm³/mol. The van der Waals surface area contributed by atoms with E-state index in [4.69, 9.17) is 0 Å². The number of carbonyl (C=O) groups is 1. The summed E-state index contributed by atoms with van der Waals surface area (Å²) >= 11 is 0. The molecule has 6 nitrogen and oxygen atoms in total. The SMILES string of the molecule is CCNc1cnc(C(=O)Nc2ccc(C)cn2)cn1. The number of nitrogens with one attached hydrogen (secondary N) is 2. The minimum atomic E-state index is -0.327. The predicted octanol–water partition coefficient (Wildman–Crippen LogP) is 1.86. The van der Waals surface area contributed by atoms with Crippen molar-refractivity contribution in [3.8, 4) is 0 Å². The number of hydrogen-bond donors (Lipinski definition) is 2. The molecule has 0 saturated carbocycles. The van der Waals surface area contributed by atoms with E-state index < -0.39 is 0 Å². The van der Waals surface area contributed by atoms with Crippen molar-refractivity contribution in [2.45, 2.75) is 13.8 Å². The third-order valence-corrected chi connectivity index (χ3v) is 2.40. The van der Waals surface area contributed by atoms with Gasteiger partial charge >= 0.3 is 0 Å². The molecule has 0 aliphatic carbocycles. The van der Waals surface area contributed by atoms with Crippen molar-refractivity contribution in [1.82, 2.24) is 15.0 Å². The quantitative estimate of drug-likeness (QED) is 0.874. The Morgan fingerprint density at radius 3 is 2.47 bits per heavy atom. The van der Waals surface area contributed by atoms with Crippen LogP contribution >= 0.6 is 0 Å². The van der Waals surface area contributed by atoms with E-state index in [0.29, 0.717) is 11.6 Å². The zero-order chi connectivity index (χ0) is 13.7. The van der Waals surface area contributed by atoms with Gasteiger partial charge in [0.25, 0.3) is 5.91 Å². The molecule has 1 amide bonds. The second-order valence-corrected chi connectivity index (χ2v) is 3.99. The van der Waals surface area contributed by atoms with Gasteiger partial charge in [-0.2, -0.15) is 0 Å². The maximum Gasteiger partial charge on any atom is 0.277 e. The van der Waals surface area contributed by atoms with E-state index >= 15 is 0 Å². The highest BCUT2D eigenvalue weighted by Gasteiger charge is 2.08. The summed E-state index contributed by atoms with van der Waals surface area (Å²) in [5, 5.41) is 5.68. The summed E-state index contributed by atoms with van der Waals surface area (Å²) in [6, 6.07) is 3.62. The summed E-state index contributed by atoms with van der Waals surface area (Å²) in [6.07, 6.45) is 4.65. The minimum Gasteiger partial charge on any atom is -0.369 e. The maximum atomic E-state index is 11.9. The van der Waals surface area contributed by atoms with Crippen molar-refractivity contribution in [2.75, 3.05) is 17.2 Å². The van der Waals surface area contributed by atoms with Gasteiger partial charge in [0, 0.05) is 12.7 Å². The van der Waals surface area contributed by atoms with E-state index in [-0.39, 0.29) is 11.6 Å². The van der Waals surface area contributed by atoms with Crippen LogP contribution in [0.25, 0.3) is 0 Å². The minimum absolute atomic E-state index is 0.254. The lowest BCUT2D eigenvalue weighted by molar-refractivity contribution is 0.102. The van der Waals surface area contributed by atoms with Gasteiger partial charge in [-0.1, -0.05) is 6.07 Å². The Hall–Kier alpha value is -2.50. The fourth-order valence-electron chi connectivity index (χ4n) is 1.44. The van der Waals surface area contributed by atoms with Crippen molar-refractivity contribution in [1.29, 1.82) is 0 Å². The Balaban J connectivity index is 2.05. The standard InChI is InChI=1S/C13H15N5O/c1-3-14-12-8-15-10(7-17-12)13(19)18-11-5-4-9(2)6-16-11/h4-8H,3H2,1-2H3,(H,14,17)(H,16,18,19). The molecule has 6 heteroatoms. The summed E-state index contributed by atoms with van der Waals surface area (Å²) in [7, 11) is 0. The fraction of sp³-hybridized carbons (Fsp3) is 0.231. The highest BCUT2D eigenvalue weighted by molar-refractivity contribution is 6.02. The van der Waals surface area contributed by atoms with E-state index in [1.165, 1.54) is 12.4 Å². The van der Waals surface area contributed by atoms with Crippen molar-refractivity contribution in [2.24, 2.45) is 0 Å². The van der Waals surface area contributed by atoms with Gasteiger partial charge in [-0.25, -0.2) is 15.0 Å². The number of aryl methyl sites for hydroxylation is 1. The van der Waals surface area contributed by atoms with Crippen LogP contribution in [0.15, 0.2) is 30.7 Å². The Morgan fingerprint density at radius 2 is 1.89 bits per heavy atom. The number of nitrogens with zero attached hydrogens (tertiary/aromatic N) is 3. The molecule has 0 bridgehead atoms. The molecule has 0 saturated heterocycles. The number of hydrogen-bond acceptors (Lipinski definition) is 5. The maximum absolute atomic E-state index is 11.9. The Bertz CT molecular complexity index is 550. The molecule has 0 spiro atoms. The summed E-state index contributed by atoms with van der Waals surface area (Å²) in [6.45, 7) is 4.66. The van der Waals surface area contributed by atoms with Crippen LogP contribution < -0.4 is 10.6 Å². The van der Waals surface area contributed by atoms with Gasteiger partial charge in [0.2, 0.25) is 0 Å². The molecule has 2 aromatic rings. The monoisotopic (exact) mass is 257 g/mol. The van der Waals surface area contributed by atoms with Gasteiger partial charge in [0.15, 0.2) is 0 Å². The van der Waals surface area contributed by atoms with Gasteiger partial charge in [-0.05, 0) is 25.5 Å². The first kappa shape index (κ1) is 12.9. The lowest BCUT2D eigenvalue weighted by Crippen LogP contribution is -2.15. The van der Waals surface area contributed by atoms with E-state index in [0.717, 1.165) is 12.1 Å². The molecule has 98 valence electrons. The molecule has 19 heavy (non-hydrogen) atoms. The zero-order valence-corrected chi connectivity index (χ0v) is 10.8. The van der Waals surface area contributed by atoms with Crippen LogP contribution in [-0.4, -0.2) is 27.4 Å². The fourth-order valence-corrected chi connectivity index (χ4v) is 1.44. The summed E-state index contributed by atoms with van der Waals surface area (Å²) in [4.78, 5) is 24.1. The number of carbonyl (C=O) groups excluding carboxylic acids is 1. The third-order valence-electron chi connectivity index (χ3n) is 2.40. The Labute approximate surface area is 111 Å². The first-order valence-electron chi connectivity index (χ1n) is 5.99. The highest BCUT2D eigenvalue weighted by atomic mass is 16.1. The Morgan fingerprint density at radius 1 is 1.11 bits per heavy atom. The molecule has 0 radical (unpaired) electrons. The average Bonchev–Trinajstić information content (AvgIpc) is 2.42. The first-order valence-corrected chi connectivity index (χ1v) is 5.99. The smallest absolute Gasteiger partial charge is 0.277 e. The number of pyridine rings is 1. The topological polar surface area (TPSA) is 79.8 Å². The lowest BCUT2D eigenvalue weighted by atomic mass is 10.3. The van der Waals surface area contributed by atoms with Gasteiger partial charge in [-0.3, -0.25) is 4.79 Å². The van der Waals surface area contributed by atoms with Crippen molar-refractivity contribution in [3.05, 3.63) is 42.0 Å². The van der Waals surface area contributed by atoms with Crippen LogP contribution in [0.5, 0.6) is 0 Å². The molecule has 0 fully saturated rings. The molecular weight excluding hydrogens is 242 g/mol. The van der Waals surface area contributed by atoms with Gasteiger partial charge in [0.1, 0.15) is 17.3 Å². The van der Waals surface area contributed by atoms with Crippen molar-refractivity contribution < 1.29 is 4.79 Å². The third kappa shape index (κ3) is 3.48. The first-order chi connectivity index (χ1) is 9.19.